The van der Waals surface area contributed by atoms with Crippen LogP contribution >= 0.6 is 0 Å². The number of unbranched alkanes of at least 4 members (excludes halogenated alkanes) is 1. The van der Waals surface area contributed by atoms with Gasteiger partial charge in [0.05, 0.1) is 0 Å². The van der Waals surface area contributed by atoms with Crippen molar-refractivity contribution in [3.8, 4) is 5.88 Å². The van der Waals surface area contributed by atoms with Crippen LogP contribution in [-0.4, -0.2) is 36.5 Å². The molecule has 1 N–H and O–H groups in total. The molecule has 1 heterocycles. The van der Waals surface area contributed by atoms with Crippen LogP contribution in [0.2, 0.25) is 0 Å². The van der Waals surface area contributed by atoms with Gasteiger partial charge >= 0.3 is 0 Å². The number of aromatic nitrogens is 1. The van der Waals surface area contributed by atoms with Crippen LogP contribution in [0, 0.1) is 0 Å². The summed E-state index contributed by atoms with van der Waals surface area (Å²) < 4.78 is 5.79. The Morgan fingerprint density at radius 3 is 2.81 bits per heavy atom. The van der Waals surface area contributed by atoms with Crippen molar-refractivity contribution in [1.29, 1.82) is 0 Å². The summed E-state index contributed by atoms with van der Waals surface area (Å²) >= 11 is 0. The predicted molar refractivity (Wildman–Crippen MR) is 107 cm³/mol. The van der Waals surface area contributed by atoms with Gasteiger partial charge in [-0.1, -0.05) is 36.4 Å². The molecule has 0 aliphatic heterocycles. The highest BCUT2D eigenvalue weighted by molar-refractivity contribution is 5.79. The molecule has 0 radical (unpaired) electrons. The van der Waals surface area contributed by atoms with Gasteiger partial charge in [0, 0.05) is 39.4 Å². The van der Waals surface area contributed by atoms with Crippen molar-refractivity contribution in [2.45, 2.75) is 26.0 Å². The minimum absolute atomic E-state index is 0.512. The van der Waals surface area contributed by atoms with E-state index in [-0.39, 0.29) is 0 Å². The summed E-state index contributed by atoms with van der Waals surface area (Å²) in [5.74, 6) is 1.50. The van der Waals surface area contributed by atoms with E-state index < -0.39 is 0 Å². The van der Waals surface area contributed by atoms with Gasteiger partial charge in [-0.25, -0.2) is 4.98 Å². The van der Waals surface area contributed by atoms with E-state index in [2.05, 4.69) is 26.8 Å². The lowest BCUT2D eigenvalue weighted by atomic mass is 10.2. The molecule has 1 aromatic heterocycles. The zero-order valence-electron chi connectivity index (χ0n) is 15.7. The molecule has 1 aromatic carbocycles. The zero-order chi connectivity index (χ0) is 18.6. The van der Waals surface area contributed by atoms with Crippen LogP contribution in [-0.2, 0) is 13.2 Å². The number of nitrogens with one attached hydrogen (secondary N) is 1. The Morgan fingerprint density at radius 2 is 2.08 bits per heavy atom. The third kappa shape index (κ3) is 6.59. The topological polar surface area (TPSA) is 49.8 Å². The SMILES string of the molecule is C=CCCCN(C)C(=NC)NCc1ccnc(OCc2ccccc2)c1. The van der Waals surface area contributed by atoms with Gasteiger partial charge in [0.2, 0.25) is 5.88 Å². The highest BCUT2D eigenvalue weighted by Gasteiger charge is 2.06. The number of rotatable bonds is 9. The molecule has 0 fully saturated rings. The standard InChI is InChI=1S/C21H28N4O/c1-4-5-9-14-25(3)21(22-2)24-16-19-12-13-23-20(15-19)26-17-18-10-7-6-8-11-18/h4,6-8,10-13,15H,1,5,9,14,16-17H2,2-3H3,(H,22,24). The number of aliphatic imine (C=N–C) groups is 1. The predicted octanol–water partition coefficient (Wildman–Crippen LogP) is 3.63. The van der Waals surface area contributed by atoms with Crippen LogP contribution in [0.15, 0.2) is 66.3 Å². The molecule has 138 valence electrons. The first kappa shape index (κ1) is 19.5. The number of allylic oxidation sites excluding steroid dienone is 1. The normalized spacial score (nSPS) is 11.1. The van der Waals surface area contributed by atoms with E-state index in [1.807, 2.05) is 55.6 Å². The molecule has 0 bridgehead atoms. The second-order valence-corrected chi connectivity index (χ2v) is 6.03. The Kier molecular flexibility index (Phi) is 8.19. The molecule has 0 saturated heterocycles. The van der Waals surface area contributed by atoms with Gasteiger partial charge in [-0.3, -0.25) is 4.99 Å². The maximum Gasteiger partial charge on any atom is 0.213 e. The van der Waals surface area contributed by atoms with E-state index in [9.17, 15) is 0 Å². The van der Waals surface area contributed by atoms with Crippen molar-refractivity contribution in [2.24, 2.45) is 4.99 Å². The first-order chi connectivity index (χ1) is 12.7. The summed E-state index contributed by atoms with van der Waals surface area (Å²) in [7, 11) is 3.84. The second-order valence-electron chi connectivity index (χ2n) is 6.03. The minimum Gasteiger partial charge on any atom is -0.473 e. The number of pyridine rings is 1. The van der Waals surface area contributed by atoms with Crippen LogP contribution < -0.4 is 10.1 Å². The highest BCUT2D eigenvalue weighted by Crippen LogP contribution is 2.12. The van der Waals surface area contributed by atoms with E-state index >= 15 is 0 Å². The Morgan fingerprint density at radius 1 is 1.27 bits per heavy atom. The molecule has 0 aliphatic rings. The van der Waals surface area contributed by atoms with Gasteiger partial charge in [-0.15, -0.1) is 6.58 Å². The Hall–Kier alpha value is -2.82. The minimum atomic E-state index is 0.512. The quantitative estimate of drug-likeness (QED) is 0.324. The number of benzene rings is 1. The second kappa shape index (κ2) is 10.9. The van der Waals surface area contributed by atoms with Crippen LogP contribution in [0.4, 0.5) is 0 Å². The van der Waals surface area contributed by atoms with Crippen molar-refractivity contribution < 1.29 is 4.74 Å². The molecule has 0 amide bonds. The van der Waals surface area contributed by atoms with Crippen LogP contribution in [0.5, 0.6) is 5.88 Å². The van der Waals surface area contributed by atoms with E-state index in [4.69, 9.17) is 4.74 Å². The first-order valence-corrected chi connectivity index (χ1v) is 8.87. The van der Waals surface area contributed by atoms with Gasteiger partial charge in [-0.2, -0.15) is 0 Å². The Labute approximate surface area is 156 Å². The van der Waals surface area contributed by atoms with Crippen LogP contribution in [0.25, 0.3) is 0 Å². The van der Waals surface area contributed by atoms with Gasteiger partial charge in [-0.05, 0) is 30.0 Å². The van der Waals surface area contributed by atoms with E-state index in [0.717, 1.165) is 36.5 Å². The van der Waals surface area contributed by atoms with Gasteiger partial charge < -0.3 is 15.0 Å². The summed E-state index contributed by atoms with van der Waals surface area (Å²) in [5.41, 5.74) is 2.23. The number of nitrogens with zero attached hydrogens (tertiary/aromatic N) is 3. The highest BCUT2D eigenvalue weighted by atomic mass is 16.5. The smallest absolute Gasteiger partial charge is 0.213 e. The van der Waals surface area contributed by atoms with Crippen molar-refractivity contribution in [3.05, 3.63) is 72.4 Å². The Balaban J connectivity index is 1.86. The van der Waals surface area contributed by atoms with Crippen LogP contribution in [0.1, 0.15) is 24.0 Å². The molecular formula is C21H28N4O. The third-order valence-electron chi connectivity index (χ3n) is 3.95. The van der Waals surface area contributed by atoms with Crippen LogP contribution in [0.3, 0.4) is 0 Å². The zero-order valence-corrected chi connectivity index (χ0v) is 15.7. The molecular weight excluding hydrogens is 324 g/mol. The maximum atomic E-state index is 5.79. The summed E-state index contributed by atoms with van der Waals surface area (Å²) in [4.78, 5) is 10.7. The fourth-order valence-corrected chi connectivity index (χ4v) is 2.52. The fourth-order valence-electron chi connectivity index (χ4n) is 2.52. The van der Waals surface area contributed by atoms with Gasteiger partial charge in [0.1, 0.15) is 6.61 Å². The molecule has 2 rings (SSSR count). The molecule has 0 saturated carbocycles. The third-order valence-corrected chi connectivity index (χ3v) is 3.95. The molecule has 0 unspecified atom stereocenters. The largest absolute Gasteiger partial charge is 0.473 e. The number of hydrogen-bond donors (Lipinski definition) is 1. The van der Waals surface area contributed by atoms with Crippen molar-refractivity contribution in [1.82, 2.24) is 15.2 Å². The molecule has 5 heteroatoms. The molecule has 5 nitrogen and oxygen atoms in total. The molecule has 0 spiro atoms. The lowest BCUT2D eigenvalue weighted by Gasteiger charge is -2.22. The lowest BCUT2D eigenvalue weighted by Crippen LogP contribution is -2.38. The average molecular weight is 352 g/mol. The molecule has 0 atom stereocenters. The molecule has 0 aliphatic carbocycles. The van der Waals surface area contributed by atoms with Crippen molar-refractivity contribution >= 4 is 5.96 Å². The summed E-state index contributed by atoms with van der Waals surface area (Å²) in [6, 6.07) is 14.0. The molecule has 26 heavy (non-hydrogen) atoms. The van der Waals surface area contributed by atoms with Crippen molar-refractivity contribution in [3.63, 3.8) is 0 Å². The van der Waals surface area contributed by atoms with Gasteiger partial charge in [0.25, 0.3) is 0 Å². The van der Waals surface area contributed by atoms with E-state index in [1.165, 1.54) is 0 Å². The number of guanidine groups is 1. The maximum absolute atomic E-state index is 5.79. The summed E-state index contributed by atoms with van der Waals surface area (Å²) in [5, 5.41) is 3.38. The monoisotopic (exact) mass is 352 g/mol. The average Bonchev–Trinajstić information content (AvgIpc) is 2.68. The fraction of sp³-hybridized carbons (Fsp3) is 0.333. The Bertz CT molecular complexity index is 700. The summed E-state index contributed by atoms with van der Waals surface area (Å²) in [6.45, 7) is 5.88. The van der Waals surface area contributed by atoms with Crippen molar-refractivity contribution in [2.75, 3.05) is 20.6 Å². The summed E-state index contributed by atoms with van der Waals surface area (Å²) in [6.07, 6.45) is 5.78. The first-order valence-electron chi connectivity index (χ1n) is 8.87. The van der Waals surface area contributed by atoms with E-state index in [0.29, 0.717) is 19.0 Å². The van der Waals surface area contributed by atoms with Gasteiger partial charge in [0.15, 0.2) is 5.96 Å². The number of hydrogen-bond acceptors (Lipinski definition) is 3. The van der Waals surface area contributed by atoms with E-state index in [1.54, 1.807) is 13.2 Å². The lowest BCUT2D eigenvalue weighted by molar-refractivity contribution is 0.293. The number of ether oxygens (including phenoxy) is 1. The molecule has 2 aromatic rings.